The van der Waals surface area contributed by atoms with E-state index in [1.165, 1.54) is 6.42 Å². The van der Waals surface area contributed by atoms with Gasteiger partial charge in [0.1, 0.15) is 6.10 Å². The van der Waals surface area contributed by atoms with Crippen molar-refractivity contribution >= 4 is 5.78 Å². The van der Waals surface area contributed by atoms with Crippen LogP contribution in [0.1, 0.15) is 32.1 Å². The third-order valence-electron chi connectivity index (χ3n) is 2.73. The van der Waals surface area contributed by atoms with E-state index < -0.39 is 6.10 Å². The Balaban J connectivity index is 2.36. The summed E-state index contributed by atoms with van der Waals surface area (Å²) in [6.07, 6.45) is 4.67. The van der Waals surface area contributed by atoms with Gasteiger partial charge in [-0.1, -0.05) is 19.3 Å². The van der Waals surface area contributed by atoms with Crippen LogP contribution >= 0.6 is 0 Å². The first kappa shape index (κ1) is 10.7. The molecule has 3 heteroatoms. The van der Waals surface area contributed by atoms with E-state index in [1.807, 2.05) is 0 Å². The SMILES string of the molecule is CNCC(O)C(=O)C1CCCCC1. The zero-order valence-corrected chi connectivity index (χ0v) is 8.25. The zero-order chi connectivity index (χ0) is 9.68. The fraction of sp³-hybridized carbons (Fsp3) is 0.900. The first-order valence-electron chi connectivity index (χ1n) is 5.12. The lowest BCUT2D eigenvalue weighted by Crippen LogP contribution is -2.36. The highest BCUT2D eigenvalue weighted by Crippen LogP contribution is 2.25. The summed E-state index contributed by atoms with van der Waals surface area (Å²) >= 11 is 0. The molecule has 2 N–H and O–H groups in total. The number of nitrogens with one attached hydrogen (secondary N) is 1. The molecule has 1 aliphatic rings. The van der Waals surface area contributed by atoms with Crippen molar-refractivity contribution in [3.8, 4) is 0 Å². The van der Waals surface area contributed by atoms with E-state index in [9.17, 15) is 9.90 Å². The normalized spacial score (nSPS) is 21.4. The van der Waals surface area contributed by atoms with Gasteiger partial charge >= 0.3 is 0 Å². The number of ketones is 1. The third kappa shape index (κ3) is 3.08. The minimum atomic E-state index is -0.798. The van der Waals surface area contributed by atoms with Gasteiger partial charge in [0.15, 0.2) is 5.78 Å². The molecule has 0 saturated heterocycles. The number of Topliss-reactive ketones (excluding diaryl/α,β-unsaturated/α-hetero) is 1. The number of aliphatic hydroxyl groups excluding tert-OH is 1. The second-order valence-electron chi connectivity index (χ2n) is 3.81. The molecular formula is C10H19NO2. The van der Waals surface area contributed by atoms with Gasteiger partial charge in [-0.05, 0) is 19.9 Å². The average molecular weight is 185 g/mol. The Hall–Kier alpha value is -0.410. The second-order valence-corrected chi connectivity index (χ2v) is 3.81. The summed E-state index contributed by atoms with van der Waals surface area (Å²) in [5.74, 6) is 0.158. The Bertz CT molecular complexity index is 164. The molecule has 0 spiro atoms. The highest BCUT2D eigenvalue weighted by Gasteiger charge is 2.25. The van der Waals surface area contributed by atoms with Gasteiger partial charge in [0.2, 0.25) is 0 Å². The van der Waals surface area contributed by atoms with Crippen LogP contribution in [0, 0.1) is 5.92 Å². The second kappa shape index (κ2) is 5.35. The van der Waals surface area contributed by atoms with Crippen LogP contribution in [0.2, 0.25) is 0 Å². The molecule has 1 unspecified atom stereocenters. The Labute approximate surface area is 79.5 Å². The van der Waals surface area contributed by atoms with Crippen LogP contribution in [0.25, 0.3) is 0 Å². The molecule has 1 atom stereocenters. The number of likely N-dealkylation sites (N-methyl/N-ethyl adjacent to an activating group) is 1. The quantitative estimate of drug-likeness (QED) is 0.678. The summed E-state index contributed by atoms with van der Waals surface area (Å²) in [7, 11) is 1.75. The Morgan fingerprint density at radius 3 is 2.62 bits per heavy atom. The first-order chi connectivity index (χ1) is 6.25. The smallest absolute Gasteiger partial charge is 0.165 e. The van der Waals surface area contributed by atoms with Gasteiger partial charge in [0.05, 0.1) is 0 Å². The molecule has 1 saturated carbocycles. The largest absolute Gasteiger partial charge is 0.384 e. The number of carbonyl (C=O) groups is 1. The molecule has 0 radical (unpaired) electrons. The highest BCUT2D eigenvalue weighted by molar-refractivity contribution is 5.85. The number of hydrogen-bond acceptors (Lipinski definition) is 3. The van der Waals surface area contributed by atoms with E-state index in [-0.39, 0.29) is 11.7 Å². The summed E-state index contributed by atoms with van der Waals surface area (Å²) in [4.78, 5) is 11.6. The Kier molecular flexibility index (Phi) is 4.39. The number of carbonyl (C=O) groups excluding carboxylic acids is 1. The summed E-state index contributed by atoms with van der Waals surface area (Å²) < 4.78 is 0. The van der Waals surface area contributed by atoms with Crippen molar-refractivity contribution < 1.29 is 9.90 Å². The molecule has 0 bridgehead atoms. The van der Waals surface area contributed by atoms with Gasteiger partial charge in [0, 0.05) is 12.5 Å². The van der Waals surface area contributed by atoms with Crippen molar-refractivity contribution in [1.82, 2.24) is 5.32 Å². The number of aliphatic hydroxyl groups is 1. The lowest BCUT2D eigenvalue weighted by atomic mass is 9.84. The zero-order valence-electron chi connectivity index (χ0n) is 8.25. The molecule has 76 valence electrons. The minimum absolute atomic E-state index is 0.0362. The molecule has 0 heterocycles. The van der Waals surface area contributed by atoms with Gasteiger partial charge in [-0.3, -0.25) is 4.79 Å². The van der Waals surface area contributed by atoms with Gasteiger partial charge in [-0.2, -0.15) is 0 Å². The lowest BCUT2D eigenvalue weighted by Gasteiger charge is -2.22. The van der Waals surface area contributed by atoms with Crippen molar-refractivity contribution in [3.05, 3.63) is 0 Å². The maximum atomic E-state index is 11.6. The van der Waals surface area contributed by atoms with Crippen LogP contribution in [-0.2, 0) is 4.79 Å². The lowest BCUT2D eigenvalue weighted by molar-refractivity contribution is -0.131. The molecule has 1 fully saturated rings. The molecule has 0 aromatic heterocycles. The number of hydrogen-bond donors (Lipinski definition) is 2. The van der Waals surface area contributed by atoms with E-state index in [2.05, 4.69) is 5.32 Å². The van der Waals surface area contributed by atoms with Crippen LogP contribution in [-0.4, -0.2) is 30.6 Å². The standard InChI is InChI=1S/C10H19NO2/c1-11-7-9(12)10(13)8-5-3-2-4-6-8/h8-9,11-12H,2-7H2,1H3. The van der Waals surface area contributed by atoms with Crippen molar-refractivity contribution in [2.24, 2.45) is 5.92 Å². The fourth-order valence-corrected chi connectivity index (χ4v) is 1.95. The highest BCUT2D eigenvalue weighted by atomic mass is 16.3. The maximum Gasteiger partial charge on any atom is 0.165 e. The summed E-state index contributed by atoms with van der Waals surface area (Å²) in [6, 6.07) is 0. The fourth-order valence-electron chi connectivity index (χ4n) is 1.95. The van der Waals surface area contributed by atoms with E-state index in [0.717, 1.165) is 25.7 Å². The van der Waals surface area contributed by atoms with E-state index in [1.54, 1.807) is 7.05 Å². The van der Waals surface area contributed by atoms with Gasteiger partial charge in [-0.15, -0.1) is 0 Å². The van der Waals surface area contributed by atoms with E-state index >= 15 is 0 Å². The minimum Gasteiger partial charge on any atom is -0.384 e. The topological polar surface area (TPSA) is 49.3 Å². The van der Waals surface area contributed by atoms with Gasteiger partial charge in [-0.25, -0.2) is 0 Å². The Morgan fingerprint density at radius 2 is 2.08 bits per heavy atom. The summed E-state index contributed by atoms with van der Waals surface area (Å²) in [6.45, 7) is 0.384. The van der Waals surface area contributed by atoms with Gasteiger partial charge in [0.25, 0.3) is 0 Å². The summed E-state index contributed by atoms with van der Waals surface area (Å²) in [5.41, 5.74) is 0. The van der Waals surface area contributed by atoms with Gasteiger partial charge < -0.3 is 10.4 Å². The first-order valence-corrected chi connectivity index (χ1v) is 5.12. The van der Waals surface area contributed by atoms with Crippen LogP contribution in [0.5, 0.6) is 0 Å². The van der Waals surface area contributed by atoms with Crippen LogP contribution in [0.4, 0.5) is 0 Å². The van der Waals surface area contributed by atoms with E-state index in [4.69, 9.17) is 0 Å². The van der Waals surface area contributed by atoms with Crippen molar-refractivity contribution in [2.75, 3.05) is 13.6 Å². The van der Waals surface area contributed by atoms with Crippen molar-refractivity contribution in [3.63, 3.8) is 0 Å². The molecule has 1 rings (SSSR count). The molecule has 0 amide bonds. The molecule has 13 heavy (non-hydrogen) atoms. The molecule has 0 aromatic rings. The molecule has 1 aliphatic carbocycles. The molecule has 0 aromatic carbocycles. The van der Waals surface area contributed by atoms with Crippen LogP contribution in [0.15, 0.2) is 0 Å². The van der Waals surface area contributed by atoms with E-state index in [0.29, 0.717) is 6.54 Å². The number of rotatable bonds is 4. The van der Waals surface area contributed by atoms with Crippen LogP contribution in [0.3, 0.4) is 0 Å². The predicted molar refractivity (Wildman–Crippen MR) is 51.5 cm³/mol. The third-order valence-corrected chi connectivity index (χ3v) is 2.73. The van der Waals surface area contributed by atoms with Crippen molar-refractivity contribution in [2.45, 2.75) is 38.2 Å². The monoisotopic (exact) mass is 185 g/mol. The molecular weight excluding hydrogens is 166 g/mol. The predicted octanol–water partition coefficient (Wildman–Crippen LogP) is 0.716. The molecule has 3 nitrogen and oxygen atoms in total. The Morgan fingerprint density at radius 1 is 1.46 bits per heavy atom. The van der Waals surface area contributed by atoms with Crippen molar-refractivity contribution in [1.29, 1.82) is 0 Å². The molecule has 0 aliphatic heterocycles. The maximum absolute atomic E-state index is 11.6. The van der Waals surface area contributed by atoms with Crippen LogP contribution < -0.4 is 5.32 Å². The summed E-state index contributed by atoms with van der Waals surface area (Å²) in [5, 5.41) is 12.3. The average Bonchev–Trinajstić information content (AvgIpc) is 2.18.